The summed E-state index contributed by atoms with van der Waals surface area (Å²) in [5.74, 6) is 0.225. The van der Waals surface area contributed by atoms with E-state index >= 15 is 0 Å². The summed E-state index contributed by atoms with van der Waals surface area (Å²) in [5.41, 5.74) is 3.00. The van der Waals surface area contributed by atoms with Gasteiger partial charge in [-0.25, -0.2) is 0 Å². The SMILES string of the molecule is CCN(CC)Cc1ccccc1CNC(=O)[C@@H]1CN(C(C)=O)c2ccccc2O1. The molecule has 6 heteroatoms. The highest BCUT2D eigenvalue weighted by Gasteiger charge is 2.32. The van der Waals surface area contributed by atoms with Crippen LogP contribution < -0.4 is 15.0 Å². The van der Waals surface area contributed by atoms with Gasteiger partial charge in [0, 0.05) is 20.0 Å². The van der Waals surface area contributed by atoms with E-state index in [4.69, 9.17) is 4.74 Å². The van der Waals surface area contributed by atoms with Crippen molar-refractivity contribution in [2.45, 2.75) is 40.0 Å². The normalized spacial score (nSPS) is 15.6. The number of amides is 2. The number of rotatable bonds is 7. The van der Waals surface area contributed by atoms with Gasteiger partial charge in [-0.3, -0.25) is 14.5 Å². The number of hydrogen-bond donors (Lipinski definition) is 1. The van der Waals surface area contributed by atoms with E-state index in [0.717, 1.165) is 25.2 Å². The lowest BCUT2D eigenvalue weighted by molar-refractivity contribution is -0.128. The van der Waals surface area contributed by atoms with Crippen molar-refractivity contribution in [3.63, 3.8) is 0 Å². The van der Waals surface area contributed by atoms with Gasteiger partial charge in [-0.05, 0) is 36.3 Å². The summed E-state index contributed by atoms with van der Waals surface area (Å²) in [5, 5.41) is 2.99. The van der Waals surface area contributed by atoms with Crippen molar-refractivity contribution < 1.29 is 14.3 Å². The molecule has 29 heavy (non-hydrogen) atoms. The number of carbonyl (C=O) groups excluding carboxylic acids is 2. The first-order valence-corrected chi connectivity index (χ1v) is 10.1. The van der Waals surface area contributed by atoms with Crippen LogP contribution in [-0.4, -0.2) is 42.5 Å². The second kappa shape index (κ2) is 9.56. The molecule has 2 amide bonds. The summed E-state index contributed by atoms with van der Waals surface area (Å²) < 4.78 is 5.88. The maximum absolute atomic E-state index is 12.8. The fourth-order valence-corrected chi connectivity index (χ4v) is 3.54. The van der Waals surface area contributed by atoms with Gasteiger partial charge in [0.05, 0.1) is 12.2 Å². The number of para-hydroxylation sites is 2. The average Bonchev–Trinajstić information content (AvgIpc) is 2.75. The van der Waals surface area contributed by atoms with Gasteiger partial charge >= 0.3 is 0 Å². The maximum atomic E-state index is 12.8. The maximum Gasteiger partial charge on any atom is 0.263 e. The van der Waals surface area contributed by atoms with E-state index in [2.05, 4.69) is 30.1 Å². The zero-order valence-electron chi connectivity index (χ0n) is 17.4. The quantitative estimate of drug-likeness (QED) is 0.783. The fraction of sp³-hybridized carbons (Fsp3) is 0.391. The van der Waals surface area contributed by atoms with E-state index in [1.54, 1.807) is 11.0 Å². The Bertz CT molecular complexity index is 864. The van der Waals surface area contributed by atoms with Crippen LogP contribution in [0.15, 0.2) is 48.5 Å². The number of nitrogens with one attached hydrogen (secondary N) is 1. The Hall–Kier alpha value is -2.86. The third-order valence-electron chi connectivity index (χ3n) is 5.31. The number of ether oxygens (including phenoxy) is 1. The first-order chi connectivity index (χ1) is 14.0. The molecule has 0 aromatic heterocycles. The molecule has 6 nitrogen and oxygen atoms in total. The lowest BCUT2D eigenvalue weighted by Crippen LogP contribution is -2.50. The van der Waals surface area contributed by atoms with Crippen molar-refractivity contribution in [3.05, 3.63) is 59.7 Å². The second-order valence-corrected chi connectivity index (χ2v) is 7.15. The summed E-state index contributed by atoms with van der Waals surface area (Å²) in [4.78, 5) is 28.8. The molecule has 1 N–H and O–H groups in total. The molecular weight excluding hydrogens is 366 g/mol. The van der Waals surface area contributed by atoms with E-state index in [-0.39, 0.29) is 18.4 Å². The summed E-state index contributed by atoms with van der Waals surface area (Å²) in [6, 6.07) is 15.4. The van der Waals surface area contributed by atoms with Gasteiger partial charge in [-0.15, -0.1) is 0 Å². The molecule has 3 rings (SSSR count). The molecule has 1 aliphatic heterocycles. The number of benzene rings is 2. The second-order valence-electron chi connectivity index (χ2n) is 7.15. The highest BCUT2D eigenvalue weighted by atomic mass is 16.5. The van der Waals surface area contributed by atoms with Crippen LogP contribution in [0.25, 0.3) is 0 Å². The number of anilines is 1. The summed E-state index contributed by atoms with van der Waals surface area (Å²) >= 11 is 0. The number of hydrogen-bond acceptors (Lipinski definition) is 4. The average molecular weight is 396 g/mol. The topological polar surface area (TPSA) is 61.9 Å². The predicted molar refractivity (Wildman–Crippen MR) is 114 cm³/mol. The summed E-state index contributed by atoms with van der Waals surface area (Å²) in [6.45, 7) is 9.24. The monoisotopic (exact) mass is 395 g/mol. The molecule has 0 aliphatic carbocycles. The zero-order chi connectivity index (χ0) is 20.8. The lowest BCUT2D eigenvalue weighted by atomic mass is 10.1. The van der Waals surface area contributed by atoms with Gasteiger partial charge in [0.15, 0.2) is 6.10 Å². The molecule has 2 aromatic rings. The molecule has 0 unspecified atom stereocenters. The Morgan fingerprint density at radius 2 is 1.72 bits per heavy atom. The molecule has 2 aromatic carbocycles. The van der Waals surface area contributed by atoms with Gasteiger partial charge in [-0.2, -0.15) is 0 Å². The lowest BCUT2D eigenvalue weighted by Gasteiger charge is -2.33. The van der Waals surface area contributed by atoms with Crippen LogP contribution in [0.1, 0.15) is 31.9 Å². The largest absolute Gasteiger partial charge is 0.477 e. The summed E-state index contributed by atoms with van der Waals surface area (Å²) in [6.07, 6.45) is -0.733. The van der Waals surface area contributed by atoms with E-state index in [1.807, 2.05) is 36.4 Å². The highest BCUT2D eigenvalue weighted by molar-refractivity contribution is 5.95. The molecule has 0 saturated carbocycles. The van der Waals surface area contributed by atoms with Gasteiger partial charge in [0.25, 0.3) is 5.91 Å². The molecule has 154 valence electrons. The van der Waals surface area contributed by atoms with Crippen LogP contribution in [0.3, 0.4) is 0 Å². The Balaban J connectivity index is 1.68. The molecule has 0 radical (unpaired) electrons. The van der Waals surface area contributed by atoms with Crippen molar-refractivity contribution in [2.24, 2.45) is 0 Å². The van der Waals surface area contributed by atoms with Crippen LogP contribution in [0.5, 0.6) is 5.75 Å². The molecule has 1 heterocycles. The number of fused-ring (bicyclic) bond motifs is 1. The van der Waals surface area contributed by atoms with Gasteiger partial charge in [0.1, 0.15) is 5.75 Å². The predicted octanol–water partition coefficient (Wildman–Crippen LogP) is 2.96. The van der Waals surface area contributed by atoms with E-state index in [0.29, 0.717) is 18.0 Å². The Morgan fingerprint density at radius 1 is 1.07 bits per heavy atom. The van der Waals surface area contributed by atoms with Crippen LogP contribution in [-0.2, 0) is 22.7 Å². The molecule has 0 bridgehead atoms. The van der Waals surface area contributed by atoms with Crippen molar-refractivity contribution in [1.29, 1.82) is 0 Å². The van der Waals surface area contributed by atoms with Crippen LogP contribution in [0.2, 0.25) is 0 Å². The summed E-state index contributed by atoms with van der Waals surface area (Å²) in [7, 11) is 0. The van der Waals surface area contributed by atoms with E-state index in [9.17, 15) is 9.59 Å². The van der Waals surface area contributed by atoms with Crippen molar-refractivity contribution >= 4 is 17.5 Å². The Kier molecular flexibility index (Phi) is 6.88. The minimum atomic E-state index is -0.733. The van der Waals surface area contributed by atoms with E-state index < -0.39 is 6.10 Å². The molecule has 0 saturated heterocycles. The number of nitrogens with zero attached hydrogens (tertiary/aromatic N) is 2. The molecular formula is C23H29N3O3. The first kappa shape index (κ1) is 20.9. The number of carbonyl (C=O) groups is 2. The van der Waals surface area contributed by atoms with Crippen molar-refractivity contribution in [2.75, 3.05) is 24.5 Å². The molecule has 0 fully saturated rings. The van der Waals surface area contributed by atoms with Crippen molar-refractivity contribution in [3.8, 4) is 5.75 Å². The highest BCUT2D eigenvalue weighted by Crippen LogP contribution is 2.33. The van der Waals surface area contributed by atoms with Crippen LogP contribution in [0, 0.1) is 0 Å². The third kappa shape index (κ3) is 4.95. The molecule has 0 spiro atoms. The Morgan fingerprint density at radius 3 is 2.41 bits per heavy atom. The van der Waals surface area contributed by atoms with Crippen LogP contribution in [0.4, 0.5) is 5.69 Å². The zero-order valence-corrected chi connectivity index (χ0v) is 17.4. The molecule has 1 atom stereocenters. The Labute approximate surface area is 172 Å². The van der Waals surface area contributed by atoms with Crippen LogP contribution >= 0.6 is 0 Å². The standard InChI is InChI=1S/C23H29N3O3/c1-4-25(5-2)15-19-11-7-6-10-18(19)14-24-23(28)22-16-26(17(3)27)20-12-8-9-13-21(20)29-22/h6-13,22H,4-5,14-16H2,1-3H3,(H,24,28)/t22-/m0/s1. The smallest absolute Gasteiger partial charge is 0.263 e. The van der Waals surface area contributed by atoms with Gasteiger partial charge in [0.2, 0.25) is 5.91 Å². The molecule has 1 aliphatic rings. The first-order valence-electron chi connectivity index (χ1n) is 10.1. The van der Waals surface area contributed by atoms with E-state index in [1.165, 1.54) is 12.5 Å². The van der Waals surface area contributed by atoms with Crippen molar-refractivity contribution in [1.82, 2.24) is 10.2 Å². The third-order valence-corrected chi connectivity index (χ3v) is 5.31. The minimum absolute atomic E-state index is 0.108. The van der Waals surface area contributed by atoms with Gasteiger partial charge < -0.3 is 15.0 Å². The minimum Gasteiger partial charge on any atom is -0.477 e. The van der Waals surface area contributed by atoms with Gasteiger partial charge in [-0.1, -0.05) is 50.2 Å². The fourth-order valence-electron chi connectivity index (χ4n) is 3.54.